The molecule has 1 N–H and O–H groups in total. The van der Waals surface area contributed by atoms with E-state index in [1.165, 1.54) is 18.2 Å². The summed E-state index contributed by atoms with van der Waals surface area (Å²) in [6.07, 6.45) is 1.94. The molecule has 0 heterocycles. The molecule has 23 heavy (non-hydrogen) atoms. The molecule has 1 aliphatic carbocycles. The van der Waals surface area contributed by atoms with Gasteiger partial charge in [-0.05, 0) is 36.6 Å². The second kappa shape index (κ2) is 7.32. The molecule has 3 nitrogen and oxygen atoms in total. The Labute approximate surface area is 132 Å². The van der Waals surface area contributed by atoms with Crippen LogP contribution < -0.4 is 5.32 Å². The van der Waals surface area contributed by atoms with Gasteiger partial charge in [-0.1, -0.05) is 31.4 Å². The third-order valence-electron chi connectivity index (χ3n) is 3.85. The van der Waals surface area contributed by atoms with E-state index < -0.39 is 17.6 Å². The van der Waals surface area contributed by atoms with Crippen LogP contribution in [-0.4, -0.2) is 11.9 Å². The molecular weight excluding hydrogens is 305 g/mol. The van der Waals surface area contributed by atoms with E-state index in [0.29, 0.717) is 5.56 Å². The van der Waals surface area contributed by atoms with Gasteiger partial charge in [-0.25, -0.2) is 0 Å². The quantitative estimate of drug-likeness (QED) is 0.674. The van der Waals surface area contributed by atoms with Gasteiger partial charge in [-0.3, -0.25) is 4.79 Å². The van der Waals surface area contributed by atoms with Crippen molar-refractivity contribution < 1.29 is 18.0 Å². The monoisotopic (exact) mass is 322 g/mol. The summed E-state index contributed by atoms with van der Waals surface area (Å²) in [6, 6.07) is 6.23. The van der Waals surface area contributed by atoms with Crippen molar-refractivity contribution in [2.24, 2.45) is 0 Å². The minimum Gasteiger partial charge on any atom is -0.349 e. The lowest BCUT2D eigenvalue weighted by Gasteiger charge is -2.22. The summed E-state index contributed by atoms with van der Waals surface area (Å²) in [5.41, 5.74) is -0.483. The second-order valence-corrected chi connectivity index (χ2v) is 5.60. The van der Waals surface area contributed by atoms with Crippen molar-refractivity contribution >= 4 is 12.0 Å². The maximum absolute atomic E-state index is 12.5. The summed E-state index contributed by atoms with van der Waals surface area (Å²) in [6.45, 7) is 0. The molecule has 0 unspecified atom stereocenters. The summed E-state index contributed by atoms with van der Waals surface area (Å²) in [5, 5.41) is 11.9. The lowest BCUT2D eigenvalue weighted by Crippen LogP contribution is -2.36. The highest BCUT2D eigenvalue weighted by molar-refractivity contribution is 6.01. The molecule has 1 aromatic carbocycles. The zero-order valence-corrected chi connectivity index (χ0v) is 12.5. The first-order valence-electron chi connectivity index (χ1n) is 7.50. The highest BCUT2D eigenvalue weighted by atomic mass is 19.4. The molecule has 0 aromatic heterocycles. The van der Waals surface area contributed by atoms with Crippen LogP contribution in [0, 0.1) is 11.3 Å². The Balaban J connectivity index is 2.08. The molecule has 1 aromatic rings. The largest absolute Gasteiger partial charge is 0.416 e. The van der Waals surface area contributed by atoms with Gasteiger partial charge in [0.15, 0.2) is 0 Å². The van der Waals surface area contributed by atoms with Gasteiger partial charge in [-0.2, -0.15) is 18.4 Å². The Morgan fingerprint density at radius 2 is 1.78 bits per heavy atom. The predicted molar refractivity (Wildman–Crippen MR) is 80.0 cm³/mol. The number of amides is 1. The van der Waals surface area contributed by atoms with Crippen molar-refractivity contribution in [2.45, 2.75) is 44.3 Å². The van der Waals surface area contributed by atoms with Crippen LogP contribution in [0.15, 0.2) is 29.8 Å². The fourth-order valence-electron chi connectivity index (χ4n) is 2.59. The smallest absolute Gasteiger partial charge is 0.349 e. The van der Waals surface area contributed by atoms with E-state index in [0.717, 1.165) is 44.2 Å². The molecule has 6 heteroatoms. The molecule has 122 valence electrons. The van der Waals surface area contributed by atoms with Crippen molar-refractivity contribution in [1.82, 2.24) is 5.32 Å². The highest BCUT2D eigenvalue weighted by Gasteiger charge is 2.29. The molecule has 0 saturated heterocycles. The maximum atomic E-state index is 12.5. The number of nitrogens with one attached hydrogen (secondary N) is 1. The standard InChI is InChI=1S/C17H17F3N2O/c18-17(19,20)14-8-6-12(7-9-14)10-13(11-21)16(23)22-15-4-2-1-3-5-15/h6-10,15H,1-5H2,(H,22,23)/b13-10-. The number of rotatable bonds is 3. The molecular formula is C17H17F3N2O. The van der Waals surface area contributed by atoms with Crippen LogP contribution in [0.25, 0.3) is 6.08 Å². The Bertz CT molecular complexity index is 621. The highest BCUT2D eigenvalue weighted by Crippen LogP contribution is 2.29. The fraction of sp³-hybridized carbons (Fsp3) is 0.412. The Kier molecular flexibility index (Phi) is 5.43. The van der Waals surface area contributed by atoms with Gasteiger partial charge in [0.2, 0.25) is 0 Å². The van der Waals surface area contributed by atoms with E-state index in [1.807, 2.05) is 6.07 Å². The molecule has 1 aliphatic rings. The summed E-state index contributed by atoms with van der Waals surface area (Å²) >= 11 is 0. The zero-order chi connectivity index (χ0) is 16.9. The lowest BCUT2D eigenvalue weighted by atomic mass is 9.95. The number of hydrogen-bond donors (Lipinski definition) is 1. The normalized spacial score (nSPS) is 16.7. The van der Waals surface area contributed by atoms with Gasteiger partial charge in [0.1, 0.15) is 11.6 Å². The summed E-state index contributed by atoms with van der Waals surface area (Å²) < 4.78 is 37.5. The van der Waals surface area contributed by atoms with E-state index in [-0.39, 0.29) is 11.6 Å². The second-order valence-electron chi connectivity index (χ2n) is 5.60. The van der Waals surface area contributed by atoms with Gasteiger partial charge in [-0.15, -0.1) is 0 Å². The Hall–Kier alpha value is -2.29. The maximum Gasteiger partial charge on any atom is 0.416 e. The SMILES string of the molecule is N#C/C(=C/c1ccc(C(F)(F)F)cc1)C(=O)NC1CCCCC1. The fourth-order valence-corrected chi connectivity index (χ4v) is 2.59. The van der Waals surface area contributed by atoms with E-state index in [9.17, 15) is 18.0 Å². The first-order chi connectivity index (χ1) is 10.9. The van der Waals surface area contributed by atoms with Gasteiger partial charge in [0.25, 0.3) is 5.91 Å². The van der Waals surface area contributed by atoms with Crippen LogP contribution >= 0.6 is 0 Å². The molecule has 0 radical (unpaired) electrons. The number of hydrogen-bond acceptors (Lipinski definition) is 2. The Morgan fingerprint density at radius 1 is 1.17 bits per heavy atom. The van der Waals surface area contributed by atoms with Crippen LogP contribution in [-0.2, 0) is 11.0 Å². The first-order valence-corrected chi connectivity index (χ1v) is 7.50. The number of alkyl halides is 3. The lowest BCUT2D eigenvalue weighted by molar-refractivity contribution is -0.137. The van der Waals surface area contributed by atoms with Crippen LogP contribution in [0.4, 0.5) is 13.2 Å². The van der Waals surface area contributed by atoms with E-state index in [1.54, 1.807) is 0 Å². The molecule has 0 aliphatic heterocycles. The van der Waals surface area contributed by atoms with Crippen LogP contribution in [0.3, 0.4) is 0 Å². The number of benzene rings is 1. The number of carbonyl (C=O) groups excluding carboxylic acids is 1. The number of carbonyl (C=O) groups is 1. The third-order valence-corrected chi connectivity index (χ3v) is 3.85. The van der Waals surface area contributed by atoms with E-state index in [2.05, 4.69) is 5.32 Å². The molecule has 1 amide bonds. The average molecular weight is 322 g/mol. The van der Waals surface area contributed by atoms with Gasteiger partial charge >= 0.3 is 6.18 Å². The number of nitriles is 1. The first kappa shape index (κ1) is 17.1. The number of halogens is 3. The number of nitrogens with zero attached hydrogens (tertiary/aromatic N) is 1. The van der Waals surface area contributed by atoms with E-state index in [4.69, 9.17) is 5.26 Å². The van der Waals surface area contributed by atoms with Crippen molar-refractivity contribution in [3.8, 4) is 6.07 Å². The molecule has 1 saturated carbocycles. The topological polar surface area (TPSA) is 52.9 Å². The third kappa shape index (κ3) is 4.85. The van der Waals surface area contributed by atoms with Crippen LogP contribution in [0.5, 0.6) is 0 Å². The van der Waals surface area contributed by atoms with Gasteiger partial charge in [0, 0.05) is 6.04 Å². The van der Waals surface area contributed by atoms with E-state index >= 15 is 0 Å². The Morgan fingerprint density at radius 3 is 2.30 bits per heavy atom. The molecule has 2 rings (SSSR count). The van der Waals surface area contributed by atoms with Crippen LogP contribution in [0.1, 0.15) is 43.2 Å². The molecule has 0 bridgehead atoms. The zero-order valence-electron chi connectivity index (χ0n) is 12.5. The van der Waals surface area contributed by atoms with Crippen molar-refractivity contribution in [3.63, 3.8) is 0 Å². The molecule has 0 spiro atoms. The summed E-state index contributed by atoms with van der Waals surface area (Å²) in [7, 11) is 0. The molecule has 1 fully saturated rings. The summed E-state index contributed by atoms with van der Waals surface area (Å²) in [5.74, 6) is -0.473. The summed E-state index contributed by atoms with van der Waals surface area (Å²) in [4.78, 5) is 12.1. The minimum absolute atomic E-state index is 0.0700. The van der Waals surface area contributed by atoms with Crippen molar-refractivity contribution in [2.75, 3.05) is 0 Å². The minimum atomic E-state index is -4.40. The van der Waals surface area contributed by atoms with Gasteiger partial charge in [0.05, 0.1) is 5.56 Å². The predicted octanol–water partition coefficient (Wildman–Crippen LogP) is 4.06. The molecule has 0 atom stereocenters. The average Bonchev–Trinajstić information content (AvgIpc) is 2.53. The van der Waals surface area contributed by atoms with Crippen LogP contribution in [0.2, 0.25) is 0 Å². The van der Waals surface area contributed by atoms with Gasteiger partial charge < -0.3 is 5.32 Å². The van der Waals surface area contributed by atoms with Crippen molar-refractivity contribution in [1.29, 1.82) is 5.26 Å². The van der Waals surface area contributed by atoms with Crippen molar-refractivity contribution in [3.05, 3.63) is 41.0 Å².